The van der Waals surface area contributed by atoms with Gasteiger partial charge in [-0.2, -0.15) is 0 Å². The van der Waals surface area contributed by atoms with Crippen LogP contribution in [0, 0.1) is 10.1 Å². The summed E-state index contributed by atoms with van der Waals surface area (Å²) in [5, 5.41) is 10.8. The molecule has 0 saturated carbocycles. The van der Waals surface area contributed by atoms with Gasteiger partial charge in [0.15, 0.2) is 5.78 Å². The van der Waals surface area contributed by atoms with Gasteiger partial charge in [0.2, 0.25) is 0 Å². The van der Waals surface area contributed by atoms with Gasteiger partial charge in [-0.05, 0) is 53.6 Å². The Balaban J connectivity index is 2.05. The van der Waals surface area contributed by atoms with Crippen molar-refractivity contribution in [3.05, 3.63) is 88.0 Å². The molecule has 0 amide bonds. The van der Waals surface area contributed by atoms with Crippen molar-refractivity contribution in [2.24, 2.45) is 0 Å². The topological polar surface area (TPSA) is 78.7 Å². The molecule has 0 unspecified atom stereocenters. The number of carbonyl (C=O) groups is 1. The number of nitro groups is 1. The molecular weight excluding hydrogens is 346 g/mol. The third-order valence-corrected chi connectivity index (χ3v) is 4.21. The van der Waals surface area contributed by atoms with Gasteiger partial charge in [0.25, 0.3) is 5.69 Å². The standard InChI is InChI=1S/C21H17NO5/c1-26-17-9-5-14(6-10-17)20-13-18(27-2)11-12-19(20)21(23)15-3-7-16(8-4-15)22(24)25/h3-13H,1-2H3. The normalized spacial score (nSPS) is 10.3. The minimum absolute atomic E-state index is 0.0586. The molecule has 0 aliphatic carbocycles. The fraction of sp³-hybridized carbons (Fsp3) is 0.0952. The van der Waals surface area contributed by atoms with Gasteiger partial charge in [-0.1, -0.05) is 12.1 Å². The Morgan fingerprint density at radius 3 is 2.00 bits per heavy atom. The van der Waals surface area contributed by atoms with Crippen molar-refractivity contribution in [3.63, 3.8) is 0 Å². The third-order valence-electron chi connectivity index (χ3n) is 4.21. The quantitative estimate of drug-likeness (QED) is 0.366. The van der Waals surface area contributed by atoms with Gasteiger partial charge >= 0.3 is 0 Å². The maximum atomic E-state index is 13.0. The highest BCUT2D eigenvalue weighted by molar-refractivity contribution is 6.13. The second-order valence-electron chi connectivity index (χ2n) is 5.77. The maximum absolute atomic E-state index is 13.0. The van der Waals surface area contributed by atoms with Crippen molar-refractivity contribution in [1.82, 2.24) is 0 Å². The Morgan fingerprint density at radius 2 is 1.44 bits per heavy atom. The van der Waals surface area contributed by atoms with Crippen molar-refractivity contribution in [3.8, 4) is 22.6 Å². The number of non-ortho nitro benzene ring substituents is 1. The molecule has 0 aliphatic rings. The maximum Gasteiger partial charge on any atom is 0.269 e. The molecule has 0 aliphatic heterocycles. The van der Waals surface area contributed by atoms with Gasteiger partial charge in [-0.3, -0.25) is 14.9 Å². The molecule has 3 aromatic carbocycles. The van der Waals surface area contributed by atoms with E-state index in [1.54, 1.807) is 32.4 Å². The van der Waals surface area contributed by atoms with Crippen molar-refractivity contribution in [1.29, 1.82) is 0 Å². The van der Waals surface area contributed by atoms with Crippen LogP contribution in [0.15, 0.2) is 66.7 Å². The van der Waals surface area contributed by atoms with Crippen LogP contribution in [0.25, 0.3) is 11.1 Å². The van der Waals surface area contributed by atoms with Crippen molar-refractivity contribution in [2.45, 2.75) is 0 Å². The van der Waals surface area contributed by atoms with Crippen molar-refractivity contribution >= 4 is 11.5 Å². The van der Waals surface area contributed by atoms with Gasteiger partial charge in [0, 0.05) is 23.3 Å². The lowest BCUT2D eigenvalue weighted by Crippen LogP contribution is -2.04. The van der Waals surface area contributed by atoms with Crippen molar-refractivity contribution < 1.29 is 19.2 Å². The molecule has 0 radical (unpaired) electrons. The van der Waals surface area contributed by atoms with Crippen LogP contribution >= 0.6 is 0 Å². The molecule has 6 nitrogen and oxygen atoms in total. The average Bonchev–Trinajstić information content (AvgIpc) is 2.73. The minimum atomic E-state index is -0.496. The molecule has 3 rings (SSSR count). The summed E-state index contributed by atoms with van der Waals surface area (Å²) in [6.07, 6.45) is 0. The number of nitrogens with zero attached hydrogens (tertiary/aromatic N) is 1. The van der Waals surface area contributed by atoms with Crippen LogP contribution in [-0.4, -0.2) is 24.9 Å². The lowest BCUT2D eigenvalue weighted by Gasteiger charge is -2.12. The monoisotopic (exact) mass is 363 g/mol. The first-order valence-corrected chi connectivity index (χ1v) is 8.15. The zero-order valence-electron chi connectivity index (χ0n) is 14.8. The molecule has 0 aromatic heterocycles. The molecule has 0 atom stereocenters. The predicted octanol–water partition coefficient (Wildman–Crippen LogP) is 4.51. The van der Waals surface area contributed by atoms with Gasteiger partial charge in [0.1, 0.15) is 11.5 Å². The number of methoxy groups -OCH3 is 2. The van der Waals surface area contributed by atoms with E-state index in [1.807, 2.05) is 24.3 Å². The number of rotatable bonds is 6. The largest absolute Gasteiger partial charge is 0.497 e. The summed E-state index contributed by atoms with van der Waals surface area (Å²) in [6.45, 7) is 0. The second-order valence-corrected chi connectivity index (χ2v) is 5.77. The summed E-state index contributed by atoms with van der Waals surface area (Å²) < 4.78 is 10.5. The molecular formula is C21H17NO5. The lowest BCUT2D eigenvalue weighted by molar-refractivity contribution is -0.384. The van der Waals surface area contributed by atoms with Crippen LogP contribution < -0.4 is 9.47 Å². The Bertz CT molecular complexity index is 978. The molecule has 27 heavy (non-hydrogen) atoms. The average molecular weight is 363 g/mol. The molecule has 6 heteroatoms. The van der Waals surface area contributed by atoms with E-state index >= 15 is 0 Å². The van der Waals surface area contributed by atoms with Gasteiger partial charge in [-0.25, -0.2) is 0 Å². The number of ketones is 1. The smallest absolute Gasteiger partial charge is 0.269 e. The third kappa shape index (κ3) is 3.79. The van der Waals surface area contributed by atoms with E-state index in [4.69, 9.17) is 9.47 Å². The van der Waals surface area contributed by atoms with Gasteiger partial charge in [-0.15, -0.1) is 0 Å². The number of nitro benzene ring substituents is 1. The summed E-state index contributed by atoms with van der Waals surface area (Å²) in [6, 6.07) is 18.1. The van der Waals surface area contributed by atoms with Gasteiger partial charge in [0.05, 0.1) is 19.1 Å². The second kappa shape index (κ2) is 7.70. The number of hydrogen-bond acceptors (Lipinski definition) is 5. The number of ether oxygens (including phenoxy) is 2. The summed E-state index contributed by atoms with van der Waals surface area (Å²) in [7, 11) is 3.15. The van der Waals surface area contributed by atoms with Crippen LogP contribution in [0.2, 0.25) is 0 Å². The SMILES string of the molecule is COc1ccc(-c2cc(OC)ccc2C(=O)c2ccc([N+](=O)[O-])cc2)cc1. The van der Waals surface area contributed by atoms with Crippen LogP contribution in [0.3, 0.4) is 0 Å². The van der Waals surface area contributed by atoms with E-state index in [0.717, 1.165) is 5.56 Å². The number of carbonyl (C=O) groups excluding carboxylic acids is 1. The first-order valence-electron chi connectivity index (χ1n) is 8.15. The molecule has 0 saturated heterocycles. The zero-order chi connectivity index (χ0) is 19.4. The fourth-order valence-electron chi connectivity index (χ4n) is 2.75. The molecule has 0 bridgehead atoms. The molecule has 0 fully saturated rings. The van der Waals surface area contributed by atoms with E-state index in [2.05, 4.69) is 0 Å². The molecule has 3 aromatic rings. The minimum Gasteiger partial charge on any atom is -0.497 e. The van der Waals surface area contributed by atoms with Crippen LogP contribution in [0.4, 0.5) is 5.69 Å². The lowest BCUT2D eigenvalue weighted by atomic mass is 9.93. The molecule has 0 spiro atoms. The molecule has 136 valence electrons. The van der Waals surface area contributed by atoms with E-state index in [0.29, 0.717) is 28.2 Å². The Kier molecular flexibility index (Phi) is 5.17. The Labute approximate surface area is 156 Å². The van der Waals surface area contributed by atoms with Crippen molar-refractivity contribution in [2.75, 3.05) is 14.2 Å². The zero-order valence-corrected chi connectivity index (χ0v) is 14.8. The molecule has 0 heterocycles. The highest BCUT2D eigenvalue weighted by Crippen LogP contribution is 2.31. The summed E-state index contributed by atoms with van der Waals surface area (Å²) in [5.41, 5.74) is 2.34. The Morgan fingerprint density at radius 1 is 0.852 bits per heavy atom. The van der Waals surface area contributed by atoms with E-state index < -0.39 is 4.92 Å². The first kappa shape index (κ1) is 18.1. The number of benzene rings is 3. The fourth-order valence-corrected chi connectivity index (χ4v) is 2.75. The van der Waals surface area contributed by atoms with Gasteiger partial charge < -0.3 is 9.47 Å². The summed E-state index contributed by atoms with van der Waals surface area (Å²) >= 11 is 0. The van der Waals surface area contributed by atoms with E-state index in [-0.39, 0.29) is 11.5 Å². The Hall–Kier alpha value is -3.67. The summed E-state index contributed by atoms with van der Waals surface area (Å²) in [5.74, 6) is 1.12. The van der Waals surface area contributed by atoms with Crippen LogP contribution in [0.1, 0.15) is 15.9 Å². The van der Waals surface area contributed by atoms with E-state index in [1.165, 1.54) is 24.3 Å². The predicted molar refractivity (Wildman–Crippen MR) is 102 cm³/mol. The molecule has 0 N–H and O–H groups in total. The van der Waals surface area contributed by atoms with Crippen LogP contribution in [0.5, 0.6) is 11.5 Å². The van der Waals surface area contributed by atoms with Crippen LogP contribution in [-0.2, 0) is 0 Å². The van der Waals surface area contributed by atoms with E-state index in [9.17, 15) is 14.9 Å². The number of hydrogen-bond donors (Lipinski definition) is 0. The first-order chi connectivity index (χ1) is 13.0. The highest BCUT2D eigenvalue weighted by Gasteiger charge is 2.17. The highest BCUT2D eigenvalue weighted by atomic mass is 16.6. The summed E-state index contributed by atoms with van der Waals surface area (Å²) in [4.78, 5) is 23.3.